The van der Waals surface area contributed by atoms with E-state index in [2.05, 4.69) is 5.32 Å². The van der Waals surface area contributed by atoms with Crippen LogP contribution in [0.3, 0.4) is 0 Å². The molecule has 0 radical (unpaired) electrons. The Morgan fingerprint density at radius 2 is 1.54 bits per heavy atom. The second-order valence-electron chi connectivity index (χ2n) is 6.48. The summed E-state index contributed by atoms with van der Waals surface area (Å²) in [5.41, 5.74) is 1.82. The van der Waals surface area contributed by atoms with Crippen molar-refractivity contribution in [2.24, 2.45) is 0 Å². The minimum Gasteiger partial charge on any atom is -0.497 e. The molecule has 3 aromatic carbocycles. The average Bonchev–Trinajstić information content (AvgIpc) is 2.66. The minimum absolute atomic E-state index is 0.0605. The molecule has 3 nitrogen and oxygen atoms in total. The first-order valence-electron chi connectivity index (χ1n) is 8.61. The van der Waals surface area contributed by atoms with Crippen LogP contribution in [-0.2, 0) is 4.79 Å². The third-order valence-electron chi connectivity index (χ3n) is 4.69. The molecule has 0 fully saturated rings. The molecule has 1 amide bonds. The van der Waals surface area contributed by atoms with E-state index in [0.29, 0.717) is 0 Å². The number of hydrogen-bond donors (Lipinski definition) is 1. The van der Waals surface area contributed by atoms with E-state index in [0.717, 1.165) is 27.6 Å². The van der Waals surface area contributed by atoms with Crippen molar-refractivity contribution in [1.29, 1.82) is 0 Å². The molecule has 0 saturated heterocycles. The summed E-state index contributed by atoms with van der Waals surface area (Å²) >= 11 is 0. The van der Waals surface area contributed by atoms with Crippen molar-refractivity contribution < 1.29 is 13.9 Å². The summed E-state index contributed by atoms with van der Waals surface area (Å²) in [5.74, 6) is 0.177. The SMILES string of the molecule is COc1ccc2cc([C@H](C)C(=O)N[C@@H](C)c3ccc(F)cc3)ccc2c1. The number of nitrogens with one attached hydrogen (secondary N) is 1. The Morgan fingerprint density at radius 1 is 0.923 bits per heavy atom. The second-order valence-corrected chi connectivity index (χ2v) is 6.48. The fraction of sp³-hybridized carbons (Fsp3) is 0.227. The van der Waals surface area contributed by atoms with E-state index >= 15 is 0 Å². The van der Waals surface area contributed by atoms with Crippen LogP contribution in [0.4, 0.5) is 4.39 Å². The van der Waals surface area contributed by atoms with Crippen LogP contribution < -0.4 is 10.1 Å². The van der Waals surface area contributed by atoms with Gasteiger partial charge in [-0.2, -0.15) is 0 Å². The number of amides is 1. The van der Waals surface area contributed by atoms with Crippen LogP contribution in [0.2, 0.25) is 0 Å². The molecule has 4 heteroatoms. The van der Waals surface area contributed by atoms with Crippen molar-refractivity contribution in [2.45, 2.75) is 25.8 Å². The summed E-state index contributed by atoms with van der Waals surface area (Å²) < 4.78 is 18.3. The second kappa shape index (κ2) is 7.56. The number of carbonyl (C=O) groups excluding carboxylic acids is 1. The minimum atomic E-state index is -0.288. The Morgan fingerprint density at radius 3 is 2.23 bits per heavy atom. The molecule has 0 spiro atoms. The van der Waals surface area contributed by atoms with Crippen molar-refractivity contribution in [2.75, 3.05) is 7.11 Å². The van der Waals surface area contributed by atoms with Gasteiger partial charge in [0.2, 0.25) is 5.91 Å². The lowest BCUT2D eigenvalue weighted by Gasteiger charge is -2.18. The van der Waals surface area contributed by atoms with Crippen molar-refractivity contribution in [3.05, 3.63) is 77.6 Å². The lowest BCUT2D eigenvalue weighted by Crippen LogP contribution is -2.30. The molecule has 3 aromatic rings. The van der Waals surface area contributed by atoms with Crippen LogP contribution in [0.15, 0.2) is 60.7 Å². The predicted molar refractivity (Wildman–Crippen MR) is 102 cm³/mol. The quantitative estimate of drug-likeness (QED) is 0.705. The highest BCUT2D eigenvalue weighted by molar-refractivity contribution is 5.88. The largest absolute Gasteiger partial charge is 0.497 e. The molecule has 0 bridgehead atoms. The monoisotopic (exact) mass is 351 g/mol. The topological polar surface area (TPSA) is 38.3 Å². The summed E-state index contributed by atoms with van der Waals surface area (Å²) in [4.78, 5) is 12.6. The molecule has 1 N–H and O–H groups in total. The van der Waals surface area contributed by atoms with Crippen molar-refractivity contribution in [1.82, 2.24) is 5.32 Å². The molecule has 26 heavy (non-hydrogen) atoms. The highest BCUT2D eigenvalue weighted by Gasteiger charge is 2.18. The summed E-state index contributed by atoms with van der Waals surface area (Å²) in [7, 11) is 1.64. The normalized spacial score (nSPS) is 13.2. The molecular weight excluding hydrogens is 329 g/mol. The van der Waals surface area contributed by atoms with Crippen molar-refractivity contribution in [3.63, 3.8) is 0 Å². The van der Waals surface area contributed by atoms with Gasteiger partial charge in [0, 0.05) is 0 Å². The number of ether oxygens (including phenoxy) is 1. The van der Waals surface area contributed by atoms with Gasteiger partial charge in [0.25, 0.3) is 0 Å². The molecule has 0 aliphatic carbocycles. The number of halogens is 1. The van der Waals surface area contributed by atoms with Crippen molar-refractivity contribution >= 4 is 16.7 Å². The lowest BCUT2D eigenvalue weighted by atomic mass is 9.96. The van der Waals surface area contributed by atoms with Crippen LogP contribution in [0.25, 0.3) is 10.8 Å². The summed E-state index contributed by atoms with van der Waals surface area (Å²) in [6.45, 7) is 3.78. The molecule has 2 atom stereocenters. The summed E-state index contributed by atoms with van der Waals surface area (Å²) in [6.07, 6.45) is 0. The van der Waals surface area contributed by atoms with Gasteiger partial charge in [-0.05, 0) is 60.0 Å². The van der Waals surface area contributed by atoms with Crippen LogP contribution in [0.5, 0.6) is 5.75 Å². The van der Waals surface area contributed by atoms with Gasteiger partial charge < -0.3 is 10.1 Å². The maximum atomic E-state index is 13.0. The molecule has 134 valence electrons. The Bertz CT molecular complexity index is 921. The number of benzene rings is 3. The van der Waals surface area contributed by atoms with Gasteiger partial charge >= 0.3 is 0 Å². The third kappa shape index (κ3) is 3.85. The van der Waals surface area contributed by atoms with Gasteiger partial charge in [-0.1, -0.05) is 36.4 Å². The van der Waals surface area contributed by atoms with E-state index in [1.165, 1.54) is 12.1 Å². The Balaban J connectivity index is 1.75. The molecule has 3 rings (SSSR count). The number of methoxy groups -OCH3 is 1. The van der Waals surface area contributed by atoms with E-state index < -0.39 is 0 Å². The number of fused-ring (bicyclic) bond motifs is 1. The van der Waals surface area contributed by atoms with Crippen LogP contribution >= 0.6 is 0 Å². The maximum Gasteiger partial charge on any atom is 0.227 e. The zero-order chi connectivity index (χ0) is 18.7. The molecular formula is C22H22FNO2. The maximum absolute atomic E-state index is 13.0. The van der Waals surface area contributed by atoms with Crippen LogP contribution in [-0.4, -0.2) is 13.0 Å². The predicted octanol–water partition coefficient (Wildman–Crippen LogP) is 4.97. The van der Waals surface area contributed by atoms with Gasteiger partial charge in [0.1, 0.15) is 11.6 Å². The van der Waals surface area contributed by atoms with Crippen LogP contribution in [0, 0.1) is 5.82 Å². The number of carbonyl (C=O) groups is 1. The fourth-order valence-corrected chi connectivity index (χ4v) is 2.96. The fourth-order valence-electron chi connectivity index (χ4n) is 2.96. The Hall–Kier alpha value is -2.88. The molecule has 0 aliphatic heterocycles. The zero-order valence-electron chi connectivity index (χ0n) is 15.1. The summed E-state index contributed by atoms with van der Waals surface area (Å²) in [5, 5.41) is 5.13. The number of hydrogen-bond acceptors (Lipinski definition) is 2. The molecule has 0 saturated carbocycles. The summed E-state index contributed by atoms with van der Waals surface area (Å²) in [6, 6.07) is 17.9. The van der Waals surface area contributed by atoms with Crippen molar-refractivity contribution in [3.8, 4) is 5.75 Å². The average molecular weight is 351 g/mol. The first-order chi connectivity index (χ1) is 12.5. The van der Waals surface area contributed by atoms with E-state index in [9.17, 15) is 9.18 Å². The van der Waals surface area contributed by atoms with E-state index in [-0.39, 0.29) is 23.7 Å². The van der Waals surface area contributed by atoms with Gasteiger partial charge in [-0.15, -0.1) is 0 Å². The van der Waals surface area contributed by atoms with E-state index in [1.807, 2.05) is 50.2 Å². The number of rotatable bonds is 5. The van der Waals surface area contributed by atoms with Gasteiger partial charge in [0.05, 0.1) is 19.1 Å². The van der Waals surface area contributed by atoms with Gasteiger partial charge in [0.15, 0.2) is 0 Å². The Kier molecular flexibility index (Phi) is 5.21. The first-order valence-corrected chi connectivity index (χ1v) is 8.61. The molecule has 0 unspecified atom stereocenters. The highest BCUT2D eigenvalue weighted by atomic mass is 19.1. The van der Waals surface area contributed by atoms with Gasteiger partial charge in [-0.25, -0.2) is 4.39 Å². The molecule has 0 aliphatic rings. The molecule has 0 aromatic heterocycles. The third-order valence-corrected chi connectivity index (χ3v) is 4.69. The lowest BCUT2D eigenvalue weighted by molar-refractivity contribution is -0.122. The smallest absolute Gasteiger partial charge is 0.227 e. The Labute approximate surface area is 152 Å². The first kappa shape index (κ1) is 17.9. The molecule has 0 heterocycles. The standard InChI is InChI=1S/C22H22FNO2/c1-14(22(25)24-15(2)16-6-9-20(23)10-7-16)17-4-5-19-13-21(26-3)11-8-18(19)12-17/h4-15H,1-3H3,(H,24,25)/t14-,15-/m0/s1. The highest BCUT2D eigenvalue weighted by Crippen LogP contribution is 2.26. The zero-order valence-corrected chi connectivity index (χ0v) is 15.1. The van der Waals surface area contributed by atoms with E-state index in [4.69, 9.17) is 4.74 Å². The van der Waals surface area contributed by atoms with E-state index in [1.54, 1.807) is 19.2 Å². The van der Waals surface area contributed by atoms with Crippen LogP contribution in [0.1, 0.15) is 36.9 Å². The van der Waals surface area contributed by atoms with Gasteiger partial charge in [-0.3, -0.25) is 4.79 Å².